The van der Waals surface area contributed by atoms with Crippen LogP contribution >= 0.6 is 0 Å². The number of hydrogen-bond donors (Lipinski definition) is 1. The van der Waals surface area contributed by atoms with Gasteiger partial charge in [0.1, 0.15) is 5.65 Å². The minimum absolute atomic E-state index is 0.166. The molecule has 3 nitrogen and oxygen atoms in total. The van der Waals surface area contributed by atoms with Crippen molar-refractivity contribution >= 4 is 27.7 Å². The van der Waals surface area contributed by atoms with Gasteiger partial charge >= 0.3 is 0 Å². The van der Waals surface area contributed by atoms with Crippen molar-refractivity contribution in [2.24, 2.45) is 0 Å². The van der Waals surface area contributed by atoms with Crippen molar-refractivity contribution in [3.05, 3.63) is 41.6 Å². The number of ketones is 1. The van der Waals surface area contributed by atoms with Crippen LogP contribution in [0.25, 0.3) is 21.9 Å². The summed E-state index contributed by atoms with van der Waals surface area (Å²) in [5.74, 6) is 0.166. The van der Waals surface area contributed by atoms with E-state index in [0.29, 0.717) is 6.42 Å². The Morgan fingerprint density at radius 3 is 2.89 bits per heavy atom. The predicted octanol–water partition coefficient (Wildman–Crippen LogP) is 3.62. The van der Waals surface area contributed by atoms with Crippen molar-refractivity contribution in [2.45, 2.75) is 20.3 Å². The van der Waals surface area contributed by atoms with Gasteiger partial charge in [0.05, 0.1) is 0 Å². The van der Waals surface area contributed by atoms with Crippen LogP contribution in [-0.2, 0) is 0 Å². The number of carbonyl (C=O) groups excluding carboxylic acids is 1. The molecule has 0 aliphatic heterocycles. The lowest BCUT2D eigenvalue weighted by Gasteiger charge is -1.98. The summed E-state index contributed by atoms with van der Waals surface area (Å²) in [5, 5.41) is 2.23. The van der Waals surface area contributed by atoms with Gasteiger partial charge in [-0.05, 0) is 24.6 Å². The average molecular weight is 238 g/mol. The number of aryl methyl sites for hydroxylation is 1. The lowest BCUT2D eigenvalue weighted by Crippen LogP contribution is -1.95. The number of nitrogens with one attached hydrogen (secondary N) is 1. The summed E-state index contributed by atoms with van der Waals surface area (Å²) in [4.78, 5) is 19.3. The molecule has 3 aromatic rings. The Morgan fingerprint density at radius 2 is 2.11 bits per heavy atom. The van der Waals surface area contributed by atoms with E-state index < -0.39 is 0 Å². The van der Waals surface area contributed by atoms with Gasteiger partial charge in [-0.3, -0.25) is 4.79 Å². The first-order valence-corrected chi connectivity index (χ1v) is 6.10. The number of hydrogen-bond acceptors (Lipinski definition) is 2. The highest BCUT2D eigenvalue weighted by Crippen LogP contribution is 2.25. The van der Waals surface area contributed by atoms with Crippen LogP contribution in [0.4, 0.5) is 0 Å². The topological polar surface area (TPSA) is 45.8 Å². The van der Waals surface area contributed by atoms with Crippen molar-refractivity contribution in [1.29, 1.82) is 0 Å². The predicted molar refractivity (Wildman–Crippen MR) is 73.0 cm³/mol. The average Bonchev–Trinajstić information content (AvgIpc) is 2.74. The van der Waals surface area contributed by atoms with Crippen LogP contribution in [-0.4, -0.2) is 15.8 Å². The van der Waals surface area contributed by atoms with Crippen LogP contribution in [0.3, 0.4) is 0 Å². The van der Waals surface area contributed by atoms with Gasteiger partial charge < -0.3 is 4.98 Å². The highest BCUT2D eigenvalue weighted by Gasteiger charge is 2.08. The highest BCUT2D eigenvalue weighted by molar-refractivity contribution is 6.08. The molecule has 3 rings (SSSR count). The second kappa shape index (κ2) is 3.95. The molecule has 18 heavy (non-hydrogen) atoms. The zero-order chi connectivity index (χ0) is 12.7. The fraction of sp³-hybridized carbons (Fsp3) is 0.200. The first kappa shape index (κ1) is 11.0. The second-order valence-corrected chi connectivity index (χ2v) is 4.57. The van der Waals surface area contributed by atoms with Crippen LogP contribution in [0.5, 0.6) is 0 Å². The van der Waals surface area contributed by atoms with Crippen molar-refractivity contribution in [2.75, 3.05) is 0 Å². The van der Waals surface area contributed by atoms with Gasteiger partial charge in [0.2, 0.25) is 0 Å². The Morgan fingerprint density at radius 1 is 1.28 bits per heavy atom. The van der Waals surface area contributed by atoms with Crippen LogP contribution in [0.1, 0.15) is 29.3 Å². The molecule has 0 saturated heterocycles. The molecule has 0 bridgehead atoms. The van der Waals surface area contributed by atoms with Crippen molar-refractivity contribution in [3.8, 4) is 0 Å². The fourth-order valence-electron chi connectivity index (χ4n) is 2.26. The molecule has 0 spiro atoms. The van der Waals surface area contributed by atoms with Gasteiger partial charge in [-0.25, -0.2) is 4.98 Å². The summed E-state index contributed by atoms with van der Waals surface area (Å²) in [5.41, 5.74) is 3.74. The molecule has 0 radical (unpaired) electrons. The van der Waals surface area contributed by atoms with Gasteiger partial charge in [-0.1, -0.05) is 19.1 Å². The normalized spacial score (nSPS) is 11.2. The summed E-state index contributed by atoms with van der Waals surface area (Å²) in [7, 11) is 0. The number of fused-ring (bicyclic) bond motifs is 3. The lowest BCUT2D eigenvalue weighted by molar-refractivity contribution is 0.0988. The van der Waals surface area contributed by atoms with Crippen LogP contribution < -0.4 is 0 Å². The number of H-pyrrole nitrogens is 1. The summed E-state index contributed by atoms with van der Waals surface area (Å²) < 4.78 is 0. The quantitative estimate of drug-likeness (QED) is 0.693. The zero-order valence-corrected chi connectivity index (χ0v) is 10.4. The molecular weight excluding hydrogens is 224 g/mol. The molecule has 1 aromatic carbocycles. The van der Waals surface area contributed by atoms with Gasteiger partial charge in [-0.15, -0.1) is 0 Å². The van der Waals surface area contributed by atoms with E-state index in [1.54, 1.807) is 0 Å². The molecule has 90 valence electrons. The van der Waals surface area contributed by atoms with Crippen molar-refractivity contribution in [1.82, 2.24) is 9.97 Å². The third kappa shape index (κ3) is 1.59. The van der Waals surface area contributed by atoms with E-state index >= 15 is 0 Å². The molecule has 2 aromatic heterocycles. The van der Waals surface area contributed by atoms with E-state index in [4.69, 9.17) is 0 Å². The minimum atomic E-state index is 0.166. The van der Waals surface area contributed by atoms with E-state index in [1.807, 2.05) is 38.2 Å². The van der Waals surface area contributed by atoms with Crippen molar-refractivity contribution < 1.29 is 4.79 Å². The van der Waals surface area contributed by atoms with E-state index in [0.717, 1.165) is 33.1 Å². The largest absolute Gasteiger partial charge is 0.339 e. The van der Waals surface area contributed by atoms with E-state index in [2.05, 4.69) is 16.0 Å². The number of pyridine rings is 1. The molecule has 3 heteroatoms. The first-order valence-electron chi connectivity index (χ1n) is 6.10. The number of aromatic amines is 1. The molecule has 1 N–H and O–H groups in total. The molecule has 0 unspecified atom stereocenters. The van der Waals surface area contributed by atoms with E-state index in [-0.39, 0.29) is 5.78 Å². The Balaban J connectivity index is 2.30. The Hall–Kier alpha value is -2.16. The number of aromatic nitrogens is 2. The van der Waals surface area contributed by atoms with Crippen LogP contribution in [0, 0.1) is 6.92 Å². The summed E-state index contributed by atoms with van der Waals surface area (Å²) in [6, 6.07) is 7.92. The third-order valence-corrected chi connectivity index (χ3v) is 3.23. The molecule has 0 aliphatic rings. The van der Waals surface area contributed by atoms with Gasteiger partial charge in [-0.2, -0.15) is 0 Å². The third-order valence-electron chi connectivity index (χ3n) is 3.23. The maximum Gasteiger partial charge on any atom is 0.162 e. The summed E-state index contributed by atoms with van der Waals surface area (Å²) >= 11 is 0. The first-order chi connectivity index (χ1) is 8.69. The minimum Gasteiger partial charge on any atom is -0.339 e. The number of nitrogens with zero attached hydrogens (tertiary/aromatic N) is 1. The van der Waals surface area contributed by atoms with Crippen LogP contribution in [0.15, 0.2) is 30.5 Å². The van der Waals surface area contributed by atoms with Gasteiger partial charge in [0.25, 0.3) is 0 Å². The molecule has 0 atom stereocenters. The highest BCUT2D eigenvalue weighted by atomic mass is 16.1. The summed E-state index contributed by atoms with van der Waals surface area (Å²) in [6.45, 7) is 3.91. The van der Waals surface area contributed by atoms with E-state index in [1.165, 1.54) is 0 Å². The molecular formula is C15H14N2O. The van der Waals surface area contributed by atoms with E-state index in [9.17, 15) is 4.79 Å². The maximum absolute atomic E-state index is 11.7. The standard InChI is InChI=1S/C15H14N2O/c1-3-14(18)10-4-5-11-12-6-9(2)8-16-15(12)17-13(11)7-10/h4-8H,3H2,1-2H3,(H,16,17). The Kier molecular flexibility index (Phi) is 2.40. The SMILES string of the molecule is CCC(=O)c1ccc2c(c1)[nH]c1ncc(C)cc12. The second-order valence-electron chi connectivity index (χ2n) is 4.57. The number of benzene rings is 1. The molecule has 0 fully saturated rings. The fourth-order valence-corrected chi connectivity index (χ4v) is 2.26. The molecule has 0 saturated carbocycles. The molecule has 0 aliphatic carbocycles. The molecule has 2 heterocycles. The Bertz CT molecular complexity index is 756. The number of carbonyl (C=O) groups is 1. The molecule has 0 amide bonds. The van der Waals surface area contributed by atoms with Crippen LogP contribution in [0.2, 0.25) is 0 Å². The van der Waals surface area contributed by atoms with Gasteiger partial charge in [0, 0.05) is 34.5 Å². The van der Waals surface area contributed by atoms with Gasteiger partial charge in [0.15, 0.2) is 5.78 Å². The lowest BCUT2D eigenvalue weighted by atomic mass is 10.1. The van der Waals surface area contributed by atoms with Crippen molar-refractivity contribution in [3.63, 3.8) is 0 Å². The smallest absolute Gasteiger partial charge is 0.162 e. The number of rotatable bonds is 2. The number of Topliss-reactive ketones (excluding diaryl/α,β-unsaturated/α-hetero) is 1. The Labute approximate surface area is 105 Å². The maximum atomic E-state index is 11.7. The summed E-state index contributed by atoms with van der Waals surface area (Å²) in [6.07, 6.45) is 2.37. The zero-order valence-electron chi connectivity index (χ0n) is 10.4. The monoisotopic (exact) mass is 238 g/mol.